The molecule has 0 amide bonds. The van der Waals surface area contributed by atoms with E-state index in [-0.39, 0.29) is 12.5 Å². The molecule has 0 unspecified atom stereocenters. The monoisotopic (exact) mass is 156 g/mol. The second-order valence-corrected chi connectivity index (χ2v) is 1.75. The second kappa shape index (κ2) is 3.52. The smallest absolute Gasteiger partial charge is 0.213 e. The Labute approximate surface area is 62.3 Å². The third kappa shape index (κ3) is 2.22. The van der Waals surface area contributed by atoms with E-state index >= 15 is 0 Å². The molecule has 0 saturated carbocycles. The largest absolute Gasteiger partial charge is 0.368 e. The van der Waals surface area contributed by atoms with Crippen LogP contribution in [0.15, 0.2) is 11.3 Å². The Kier molecular flexibility index (Phi) is 2.39. The van der Waals surface area contributed by atoms with Gasteiger partial charge in [0.15, 0.2) is 0 Å². The molecular formula is C4H8N6O. The summed E-state index contributed by atoms with van der Waals surface area (Å²) in [4.78, 5) is 7.47. The van der Waals surface area contributed by atoms with Crippen LogP contribution in [0.5, 0.6) is 0 Å². The van der Waals surface area contributed by atoms with Crippen molar-refractivity contribution in [2.45, 2.75) is 6.54 Å². The maximum atomic E-state index is 8.21. The highest BCUT2D eigenvalue weighted by Gasteiger charge is 1.92. The molecule has 0 aliphatic heterocycles. The molecule has 7 heteroatoms. The summed E-state index contributed by atoms with van der Waals surface area (Å²) in [5, 5.41) is 14.4. The molecule has 1 aromatic rings. The first-order valence-electron chi connectivity index (χ1n) is 2.87. The lowest BCUT2D eigenvalue weighted by molar-refractivity contribution is 0.232. The van der Waals surface area contributed by atoms with Crippen molar-refractivity contribution in [3.05, 3.63) is 12.2 Å². The molecule has 0 aromatic carbocycles. The molecule has 0 atom stereocenters. The van der Waals surface area contributed by atoms with Crippen LogP contribution in [0.4, 0.5) is 0 Å². The van der Waals surface area contributed by atoms with Crippen LogP contribution in [0, 0.1) is 0 Å². The Morgan fingerprint density at radius 2 is 2.73 bits per heavy atom. The number of hydrogen-bond donors (Lipinski definition) is 4. The van der Waals surface area contributed by atoms with Gasteiger partial charge in [-0.1, -0.05) is 0 Å². The van der Waals surface area contributed by atoms with Crippen LogP contribution in [0.1, 0.15) is 5.82 Å². The maximum absolute atomic E-state index is 8.21. The van der Waals surface area contributed by atoms with Crippen LogP contribution in [-0.2, 0) is 6.54 Å². The number of aliphatic imine (C=N–C) groups is 1. The van der Waals surface area contributed by atoms with Crippen molar-refractivity contribution in [1.82, 2.24) is 20.7 Å². The maximum Gasteiger partial charge on any atom is 0.213 e. The SMILES string of the molecule is NC(=NCc1ncn[nH]1)NO. The fourth-order valence-electron chi connectivity index (χ4n) is 0.502. The van der Waals surface area contributed by atoms with Gasteiger partial charge < -0.3 is 5.73 Å². The van der Waals surface area contributed by atoms with Crippen molar-refractivity contribution in [3.8, 4) is 0 Å². The topological polar surface area (TPSA) is 112 Å². The van der Waals surface area contributed by atoms with E-state index in [1.165, 1.54) is 6.33 Å². The molecule has 0 bridgehead atoms. The minimum Gasteiger partial charge on any atom is -0.368 e. The molecule has 0 aliphatic carbocycles. The number of guanidine groups is 1. The van der Waals surface area contributed by atoms with Crippen LogP contribution >= 0.6 is 0 Å². The summed E-state index contributed by atoms with van der Waals surface area (Å²) in [6, 6.07) is 0. The first kappa shape index (κ1) is 7.48. The third-order valence-electron chi connectivity index (χ3n) is 0.979. The molecule has 7 nitrogen and oxygen atoms in total. The number of aromatic amines is 1. The Hall–Kier alpha value is -1.63. The first-order valence-corrected chi connectivity index (χ1v) is 2.87. The van der Waals surface area contributed by atoms with Crippen molar-refractivity contribution in [2.75, 3.05) is 0 Å². The molecule has 0 aliphatic rings. The first-order chi connectivity index (χ1) is 5.33. The van der Waals surface area contributed by atoms with E-state index in [9.17, 15) is 0 Å². The number of H-pyrrole nitrogens is 1. The second-order valence-electron chi connectivity index (χ2n) is 1.75. The number of hydroxylamine groups is 1. The predicted octanol–water partition coefficient (Wildman–Crippen LogP) is -1.40. The predicted molar refractivity (Wildman–Crippen MR) is 36.6 cm³/mol. The molecule has 1 aromatic heterocycles. The molecule has 0 saturated heterocycles. The lowest BCUT2D eigenvalue weighted by atomic mass is 10.6. The highest BCUT2D eigenvalue weighted by atomic mass is 16.5. The van der Waals surface area contributed by atoms with Crippen LogP contribution in [0.25, 0.3) is 0 Å². The van der Waals surface area contributed by atoms with Gasteiger partial charge in [0.2, 0.25) is 5.96 Å². The fourth-order valence-corrected chi connectivity index (χ4v) is 0.502. The van der Waals surface area contributed by atoms with Crippen molar-refractivity contribution < 1.29 is 5.21 Å². The van der Waals surface area contributed by atoms with Crippen molar-refractivity contribution >= 4 is 5.96 Å². The van der Waals surface area contributed by atoms with E-state index in [0.717, 1.165) is 0 Å². The molecule has 0 radical (unpaired) electrons. The van der Waals surface area contributed by atoms with Gasteiger partial charge in [0.25, 0.3) is 0 Å². The molecular weight excluding hydrogens is 148 g/mol. The normalized spacial score (nSPS) is 11.5. The van der Waals surface area contributed by atoms with Crippen LogP contribution in [-0.4, -0.2) is 26.3 Å². The van der Waals surface area contributed by atoms with Gasteiger partial charge in [-0.3, -0.25) is 10.3 Å². The molecule has 1 rings (SSSR count). The number of nitrogens with zero attached hydrogens (tertiary/aromatic N) is 3. The summed E-state index contributed by atoms with van der Waals surface area (Å²) in [7, 11) is 0. The zero-order chi connectivity index (χ0) is 8.10. The van der Waals surface area contributed by atoms with Crippen molar-refractivity contribution in [1.29, 1.82) is 0 Å². The number of nitrogens with one attached hydrogen (secondary N) is 2. The Morgan fingerprint density at radius 3 is 3.27 bits per heavy atom. The Balaban J connectivity index is 2.45. The molecule has 60 valence electrons. The standard InChI is InChI=1S/C4H8N6O/c5-4(10-11)6-1-3-7-2-8-9-3/h2,11H,1H2,(H3,5,6,10)(H,7,8,9). The van der Waals surface area contributed by atoms with E-state index < -0.39 is 0 Å². The molecule has 1 heterocycles. The van der Waals surface area contributed by atoms with Gasteiger partial charge in [-0.15, -0.1) is 0 Å². The van der Waals surface area contributed by atoms with Gasteiger partial charge in [0, 0.05) is 0 Å². The molecule has 5 N–H and O–H groups in total. The summed E-state index contributed by atoms with van der Waals surface area (Å²) in [6.07, 6.45) is 1.37. The number of aromatic nitrogens is 3. The third-order valence-corrected chi connectivity index (χ3v) is 0.979. The zero-order valence-electron chi connectivity index (χ0n) is 5.65. The minimum atomic E-state index is -0.0543. The van der Waals surface area contributed by atoms with Crippen LogP contribution < -0.4 is 11.2 Å². The van der Waals surface area contributed by atoms with Gasteiger partial charge >= 0.3 is 0 Å². The van der Waals surface area contributed by atoms with Crippen molar-refractivity contribution in [3.63, 3.8) is 0 Å². The summed E-state index contributed by atoms with van der Waals surface area (Å²) in [5.41, 5.74) is 6.81. The van der Waals surface area contributed by atoms with Crippen LogP contribution in [0.3, 0.4) is 0 Å². The average Bonchev–Trinajstić information content (AvgIpc) is 2.52. The summed E-state index contributed by atoms with van der Waals surface area (Å²) in [5.74, 6) is 0.532. The van der Waals surface area contributed by atoms with Gasteiger partial charge in [-0.25, -0.2) is 15.5 Å². The van der Waals surface area contributed by atoms with Gasteiger partial charge in [0.05, 0.1) is 0 Å². The van der Waals surface area contributed by atoms with E-state index in [1.807, 2.05) is 0 Å². The molecule has 0 spiro atoms. The summed E-state index contributed by atoms with van der Waals surface area (Å²) < 4.78 is 0. The zero-order valence-corrected chi connectivity index (χ0v) is 5.65. The fraction of sp³-hybridized carbons (Fsp3) is 0.250. The van der Waals surface area contributed by atoms with E-state index in [2.05, 4.69) is 20.2 Å². The van der Waals surface area contributed by atoms with E-state index in [4.69, 9.17) is 10.9 Å². The number of hydrogen-bond acceptors (Lipinski definition) is 4. The van der Waals surface area contributed by atoms with Crippen LogP contribution in [0.2, 0.25) is 0 Å². The lowest BCUT2D eigenvalue weighted by Crippen LogP contribution is -2.28. The summed E-state index contributed by atoms with van der Waals surface area (Å²) in [6.45, 7) is 0.263. The van der Waals surface area contributed by atoms with E-state index in [1.54, 1.807) is 5.48 Å². The number of rotatable bonds is 2. The molecule has 0 fully saturated rings. The lowest BCUT2D eigenvalue weighted by Gasteiger charge is -1.93. The van der Waals surface area contributed by atoms with Gasteiger partial charge in [-0.2, -0.15) is 5.10 Å². The summed E-state index contributed by atoms with van der Waals surface area (Å²) >= 11 is 0. The highest BCUT2D eigenvalue weighted by molar-refractivity contribution is 5.76. The minimum absolute atomic E-state index is 0.0543. The van der Waals surface area contributed by atoms with E-state index in [0.29, 0.717) is 5.82 Å². The Bertz CT molecular complexity index is 229. The quantitative estimate of drug-likeness (QED) is 0.239. The van der Waals surface area contributed by atoms with Gasteiger partial charge in [-0.05, 0) is 0 Å². The number of nitrogens with two attached hydrogens (primary N) is 1. The average molecular weight is 156 g/mol. The Morgan fingerprint density at radius 1 is 1.91 bits per heavy atom. The molecule has 11 heavy (non-hydrogen) atoms. The van der Waals surface area contributed by atoms with Gasteiger partial charge in [0.1, 0.15) is 18.7 Å². The highest BCUT2D eigenvalue weighted by Crippen LogP contribution is 1.86. The van der Waals surface area contributed by atoms with Crippen molar-refractivity contribution in [2.24, 2.45) is 10.7 Å².